The van der Waals surface area contributed by atoms with E-state index in [1.807, 2.05) is 18.2 Å². The molecule has 0 aliphatic rings. The topological polar surface area (TPSA) is 32.9 Å². The number of rotatable bonds is 2. The van der Waals surface area contributed by atoms with Crippen molar-refractivity contribution in [2.45, 2.75) is 0 Å². The number of halogens is 2. The lowest BCUT2D eigenvalue weighted by atomic mass is 10.0. The highest BCUT2D eigenvalue weighted by Gasteiger charge is 2.14. The van der Waals surface area contributed by atoms with Crippen molar-refractivity contribution in [2.24, 2.45) is 0 Å². The van der Waals surface area contributed by atoms with E-state index in [9.17, 15) is 9.18 Å². The van der Waals surface area contributed by atoms with Crippen LogP contribution in [0.25, 0.3) is 10.9 Å². The van der Waals surface area contributed by atoms with Crippen LogP contribution in [0.15, 0.2) is 53.1 Å². The summed E-state index contributed by atoms with van der Waals surface area (Å²) >= 11 is 3.39. The number of carbonyl (C=O) groups excluding carboxylic acids is 1. The minimum absolute atomic E-state index is 0.121. The molecule has 0 unspecified atom stereocenters. The lowest BCUT2D eigenvalue weighted by Crippen LogP contribution is -2.00. The molecular formula is C15H9BrFNO. The highest BCUT2D eigenvalue weighted by atomic mass is 79.9. The molecule has 3 aromatic rings. The third-order valence-electron chi connectivity index (χ3n) is 2.99. The zero-order chi connectivity index (χ0) is 13.4. The number of hydrogen-bond acceptors (Lipinski definition) is 1. The molecule has 0 saturated heterocycles. The minimum Gasteiger partial charge on any atom is -0.360 e. The van der Waals surface area contributed by atoms with E-state index in [-0.39, 0.29) is 11.6 Å². The summed E-state index contributed by atoms with van der Waals surface area (Å²) in [6.45, 7) is 0. The molecule has 4 heteroatoms. The number of aromatic nitrogens is 1. The van der Waals surface area contributed by atoms with Crippen LogP contribution in [0.3, 0.4) is 0 Å². The maximum absolute atomic E-state index is 12.9. The van der Waals surface area contributed by atoms with Gasteiger partial charge in [0.2, 0.25) is 0 Å². The monoisotopic (exact) mass is 317 g/mol. The van der Waals surface area contributed by atoms with Gasteiger partial charge in [0.05, 0.1) is 0 Å². The Kier molecular flexibility index (Phi) is 2.95. The maximum atomic E-state index is 12.9. The number of benzene rings is 2. The Morgan fingerprint density at radius 1 is 1.11 bits per heavy atom. The quantitative estimate of drug-likeness (QED) is 0.702. The largest absolute Gasteiger partial charge is 0.360 e. The first kappa shape index (κ1) is 12.1. The van der Waals surface area contributed by atoms with E-state index in [2.05, 4.69) is 20.9 Å². The summed E-state index contributed by atoms with van der Waals surface area (Å²) in [4.78, 5) is 15.4. The van der Waals surface area contributed by atoms with E-state index < -0.39 is 0 Å². The van der Waals surface area contributed by atoms with Crippen LogP contribution in [0.2, 0.25) is 0 Å². The Morgan fingerprint density at radius 3 is 2.58 bits per heavy atom. The molecule has 0 bridgehead atoms. The highest BCUT2D eigenvalue weighted by Crippen LogP contribution is 2.24. The molecule has 94 valence electrons. The smallest absolute Gasteiger partial charge is 0.195 e. The second-order valence-corrected chi connectivity index (χ2v) is 5.14. The van der Waals surface area contributed by atoms with Gasteiger partial charge in [0, 0.05) is 32.7 Å². The third kappa shape index (κ3) is 2.19. The molecule has 0 aliphatic heterocycles. The van der Waals surface area contributed by atoms with Crippen LogP contribution < -0.4 is 0 Å². The predicted molar refractivity (Wildman–Crippen MR) is 75.8 cm³/mol. The Bertz CT molecular complexity index is 761. The number of nitrogens with one attached hydrogen (secondary N) is 1. The zero-order valence-electron chi connectivity index (χ0n) is 9.78. The van der Waals surface area contributed by atoms with Crippen molar-refractivity contribution >= 4 is 32.6 Å². The molecule has 2 nitrogen and oxygen atoms in total. The molecule has 3 rings (SSSR count). The second kappa shape index (κ2) is 4.63. The van der Waals surface area contributed by atoms with Gasteiger partial charge in [-0.25, -0.2) is 4.39 Å². The molecule has 0 spiro atoms. The average Bonchev–Trinajstić information content (AvgIpc) is 2.81. The first-order valence-electron chi connectivity index (χ1n) is 5.72. The van der Waals surface area contributed by atoms with Gasteiger partial charge in [-0.05, 0) is 42.5 Å². The maximum Gasteiger partial charge on any atom is 0.195 e. The minimum atomic E-state index is -0.349. The summed E-state index contributed by atoms with van der Waals surface area (Å²) in [7, 11) is 0. The van der Waals surface area contributed by atoms with Crippen molar-refractivity contribution in [2.75, 3.05) is 0 Å². The number of fused-ring (bicyclic) bond motifs is 1. The lowest BCUT2D eigenvalue weighted by molar-refractivity contribution is 0.104. The molecular weight excluding hydrogens is 309 g/mol. The van der Waals surface area contributed by atoms with Crippen LogP contribution in [0.1, 0.15) is 15.9 Å². The molecule has 0 atom stereocenters. The third-order valence-corrected chi connectivity index (χ3v) is 3.49. The van der Waals surface area contributed by atoms with Gasteiger partial charge >= 0.3 is 0 Å². The van der Waals surface area contributed by atoms with Crippen molar-refractivity contribution in [1.29, 1.82) is 0 Å². The van der Waals surface area contributed by atoms with Crippen LogP contribution in [-0.4, -0.2) is 10.8 Å². The van der Waals surface area contributed by atoms with E-state index in [1.165, 1.54) is 24.3 Å². The Hall–Kier alpha value is -1.94. The molecule has 1 N–H and O–H groups in total. The first-order valence-corrected chi connectivity index (χ1v) is 6.51. The van der Waals surface area contributed by atoms with Crippen LogP contribution in [0, 0.1) is 5.82 Å². The summed E-state index contributed by atoms with van der Waals surface area (Å²) in [5.74, 6) is -0.470. The SMILES string of the molecule is O=C(c1ccc(F)cc1)c1c[nH]c2ccc(Br)cc12. The Balaban J connectivity index is 2.11. The van der Waals surface area contributed by atoms with Gasteiger partial charge in [-0.1, -0.05) is 15.9 Å². The molecule has 2 aromatic carbocycles. The van der Waals surface area contributed by atoms with Gasteiger partial charge in [-0.15, -0.1) is 0 Å². The molecule has 0 aliphatic carbocycles. The summed E-state index contributed by atoms with van der Waals surface area (Å²) in [5.41, 5.74) is 1.96. The zero-order valence-corrected chi connectivity index (χ0v) is 11.4. The van der Waals surface area contributed by atoms with Gasteiger partial charge in [0.1, 0.15) is 5.82 Å². The lowest BCUT2D eigenvalue weighted by Gasteiger charge is -2.00. The molecule has 19 heavy (non-hydrogen) atoms. The number of ketones is 1. The fraction of sp³-hybridized carbons (Fsp3) is 0. The highest BCUT2D eigenvalue weighted by molar-refractivity contribution is 9.10. The van der Waals surface area contributed by atoms with E-state index in [0.29, 0.717) is 11.1 Å². The summed E-state index contributed by atoms with van der Waals surface area (Å²) in [6.07, 6.45) is 1.68. The molecule has 0 radical (unpaired) electrons. The van der Waals surface area contributed by atoms with Gasteiger partial charge < -0.3 is 4.98 Å². The standard InChI is InChI=1S/C15H9BrFNO/c16-10-3-6-14-12(7-10)13(8-18-14)15(19)9-1-4-11(17)5-2-9/h1-8,18H. The number of carbonyl (C=O) groups is 1. The van der Waals surface area contributed by atoms with Crippen LogP contribution >= 0.6 is 15.9 Å². The second-order valence-electron chi connectivity index (χ2n) is 4.23. The molecule has 0 amide bonds. The van der Waals surface area contributed by atoms with Gasteiger partial charge in [0.15, 0.2) is 5.78 Å². The molecule has 0 fully saturated rings. The number of H-pyrrole nitrogens is 1. The van der Waals surface area contributed by atoms with E-state index in [0.717, 1.165) is 15.4 Å². The van der Waals surface area contributed by atoms with Gasteiger partial charge in [-0.2, -0.15) is 0 Å². The summed E-state index contributed by atoms with van der Waals surface area (Å²) in [5, 5.41) is 0.851. The van der Waals surface area contributed by atoms with Crippen molar-refractivity contribution in [3.05, 3.63) is 70.1 Å². The fourth-order valence-corrected chi connectivity index (χ4v) is 2.40. The number of aromatic amines is 1. The van der Waals surface area contributed by atoms with E-state index in [4.69, 9.17) is 0 Å². The molecule has 1 heterocycles. The van der Waals surface area contributed by atoms with Crippen LogP contribution in [-0.2, 0) is 0 Å². The normalized spacial score (nSPS) is 10.8. The molecule has 1 aromatic heterocycles. The van der Waals surface area contributed by atoms with Gasteiger partial charge in [-0.3, -0.25) is 4.79 Å². The van der Waals surface area contributed by atoms with Crippen molar-refractivity contribution < 1.29 is 9.18 Å². The van der Waals surface area contributed by atoms with Crippen LogP contribution in [0.5, 0.6) is 0 Å². The van der Waals surface area contributed by atoms with E-state index in [1.54, 1.807) is 6.20 Å². The predicted octanol–water partition coefficient (Wildman–Crippen LogP) is 4.30. The average molecular weight is 318 g/mol. The summed E-state index contributed by atoms with van der Waals surface area (Å²) < 4.78 is 13.8. The Labute approximate surface area is 117 Å². The first-order chi connectivity index (χ1) is 9.15. The van der Waals surface area contributed by atoms with Crippen molar-refractivity contribution in [3.63, 3.8) is 0 Å². The molecule has 0 saturated carbocycles. The van der Waals surface area contributed by atoms with E-state index >= 15 is 0 Å². The Morgan fingerprint density at radius 2 is 1.84 bits per heavy atom. The number of hydrogen-bond donors (Lipinski definition) is 1. The van der Waals surface area contributed by atoms with Crippen molar-refractivity contribution in [3.8, 4) is 0 Å². The van der Waals surface area contributed by atoms with Crippen molar-refractivity contribution in [1.82, 2.24) is 4.98 Å². The summed E-state index contributed by atoms with van der Waals surface area (Å²) in [6, 6.07) is 11.3. The van der Waals surface area contributed by atoms with Crippen LogP contribution in [0.4, 0.5) is 4.39 Å². The fourth-order valence-electron chi connectivity index (χ4n) is 2.04. The van der Waals surface area contributed by atoms with Gasteiger partial charge in [0.25, 0.3) is 0 Å².